The van der Waals surface area contributed by atoms with Crippen LogP contribution in [-0.4, -0.2) is 29.0 Å². The van der Waals surface area contributed by atoms with Gasteiger partial charge in [-0.1, -0.05) is 0 Å². The van der Waals surface area contributed by atoms with Crippen molar-refractivity contribution in [2.24, 2.45) is 0 Å². The summed E-state index contributed by atoms with van der Waals surface area (Å²) in [5.41, 5.74) is 2.96. The summed E-state index contributed by atoms with van der Waals surface area (Å²) < 4.78 is 0. The molecule has 2 rings (SSSR count). The predicted octanol–water partition coefficient (Wildman–Crippen LogP) is 1.92. The highest BCUT2D eigenvalue weighted by molar-refractivity contribution is 7.09. The summed E-state index contributed by atoms with van der Waals surface area (Å²) in [5.74, 6) is 1.53. The van der Waals surface area contributed by atoms with Crippen molar-refractivity contribution >= 4 is 23.1 Å². The first-order valence-corrected chi connectivity index (χ1v) is 6.19. The molecule has 0 saturated carbocycles. The van der Waals surface area contributed by atoms with Crippen molar-refractivity contribution in [2.75, 3.05) is 24.3 Å². The van der Waals surface area contributed by atoms with Crippen molar-refractivity contribution in [3.05, 3.63) is 28.3 Å². The predicted molar refractivity (Wildman–Crippen MR) is 70.5 cm³/mol. The van der Waals surface area contributed by atoms with E-state index in [1.165, 1.54) is 4.88 Å². The molecule has 17 heavy (non-hydrogen) atoms. The van der Waals surface area contributed by atoms with Gasteiger partial charge in [0.05, 0.1) is 17.7 Å². The van der Waals surface area contributed by atoms with E-state index in [0.717, 1.165) is 18.1 Å². The first-order chi connectivity index (χ1) is 8.20. The minimum Gasteiger partial charge on any atom is -0.357 e. The van der Waals surface area contributed by atoms with E-state index in [1.54, 1.807) is 17.5 Å². The lowest BCUT2D eigenvalue weighted by atomic mass is 10.3. The van der Waals surface area contributed by atoms with Gasteiger partial charge in [0.25, 0.3) is 0 Å². The van der Waals surface area contributed by atoms with Gasteiger partial charge < -0.3 is 10.2 Å². The molecule has 0 unspecified atom stereocenters. The number of nitrogens with one attached hydrogen (secondary N) is 1. The fourth-order valence-electron chi connectivity index (χ4n) is 1.46. The first kappa shape index (κ1) is 11.8. The Balaban J connectivity index is 2.14. The van der Waals surface area contributed by atoms with Crippen molar-refractivity contribution < 1.29 is 0 Å². The lowest BCUT2D eigenvalue weighted by molar-refractivity contribution is 0.895. The third kappa shape index (κ3) is 2.71. The van der Waals surface area contributed by atoms with Crippen LogP contribution in [0.1, 0.15) is 10.6 Å². The van der Waals surface area contributed by atoms with Crippen LogP contribution in [-0.2, 0) is 6.54 Å². The molecule has 2 aromatic rings. The molecule has 2 heterocycles. The summed E-state index contributed by atoms with van der Waals surface area (Å²) in [6.45, 7) is 2.84. The van der Waals surface area contributed by atoms with Crippen LogP contribution in [0.5, 0.6) is 0 Å². The second-order valence-corrected chi connectivity index (χ2v) is 4.64. The number of hydrogen-bond acceptors (Lipinski definition) is 6. The third-order valence-electron chi connectivity index (χ3n) is 2.48. The van der Waals surface area contributed by atoms with E-state index in [9.17, 15) is 0 Å². The lowest BCUT2D eigenvalue weighted by Crippen LogP contribution is -2.18. The molecule has 0 spiro atoms. The molecule has 0 saturated heterocycles. The largest absolute Gasteiger partial charge is 0.357 e. The van der Waals surface area contributed by atoms with E-state index in [1.807, 2.05) is 32.6 Å². The first-order valence-electron chi connectivity index (χ1n) is 5.31. The van der Waals surface area contributed by atoms with Gasteiger partial charge in [-0.2, -0.15) is 4.98 Å². The molecule has 0 aliphatic carbocycles. The van der Waals surface area contributed by atoms with Gasteiger partial charge in [0.1, 0.15) is 5.82 Å². The van der Waals surface area contributed by atoms with Gasteiger partial charge in [0.2, 0.25) is 5.95 Å². The average Bonchev–Trinajstić information content (AvgIpc) is 2.75. The summed E-state index contributed by atoms with van der Waals surface area (Å²) in [7, 11) is 3.83. The van der Waals surface area contributed by atoms with Crippen molar-refractivity contribution in [2.45, 2.75) is 13.5 Å². The second kappa shape index (κ2) is 5.09. The molecule has 0 aliphatic rings. The molecule has 0 aliphatic heterocycles. The number of aromatic nitrogens is 3. The van der Waals surface area contributed by atoms with E-state index < -0.39 is 0 Å². The third-order valence-corrected chi connectivity index (χ3v) is 3.40. The molecule has 0 amide bonds. The molecule has 2 aromatic heterocycles. The highest BCUT2D eigenvalue weighted by atomic mass is 32.1. The maximum Gasteiger partial charge on any atom is 0.224 e. The summed E-state index contributed by atoms with van der Waals surface area (Å²) in [6, 6.07) is 1.90. The van der Waals surface area contributed by atoms with Crippen LogP contribution in [0.15, 0.2) is 17.8 Å². The number of anilines is 2. The second-order valence-electron chi connectivity index (χ2n) is 3.71. The molecule has 0 atom stereocenters. The van der Waals surface area contributed by atoms with Crippen LogP contribution in [0, 0.1) is 6.92 Å². The van der Waals surface area contributed by atoms with Crippen LogP contribution in [0.4, 0.5) is 11.8 Å². The maximum absolute atomic E-state index is 4.39. The molecule has 0 radical (unpaired) electrons. The molecule has 6 heteroatoms. The highest BCUT2D eigenvalue weighted by Gasteiger charge is 2.08. The molecule has 0 aromatic carbocycles. The molecule has 90 valence electrons. The zero-order valence-electron chi connectivity index (χ0n) is 10.1. The standard InChI is InChI=1S/C11H15N5S/c1-8-9(17-7-14-8)6-16(3)10-4-5-13-11(12-2)15-10/h4-5,7H,6H2,1-3H3,(H,12,13,15). The van der Waals surface area contributed by atoms with Crippen LogP contribution < -0.4 is 10.2 Å². The minimum atomic E-state index is 0.635. The Morgan fingerprint density at radius 1 is 1.41 bits per heavy atom. The minimum absolute atomic E-state index is 0.635. The molecule has 0 fully saturated rings. The van der Waals surface area contributed by atoms with Crippen LogP contribution in [0.3, 0.4) is 0 Å². The molecular formula is C11H15N5S. The lowest BCUT2D eigenvalue weighted by Gasteiger charge is -2.17. The van der Waals surface area contributed by atoms with E-state index in [-0.39, 0.29) is 0 Å². The Morgan fingerprint density at radius 3 is 2.88 bits per heavy atom. The van der Waals surface area contributed by atoms with Crippen molar-refractivity contribution in [1.82, 2.24) is 15.0 Å². The topological polar surface area (TPSA) is 53.9 Å². The van der Waals surface area contributed by atoms with E-state index in [4.69, 9.17) is 0 Å². The van der Waals surface area contributed by atoms with E-state index >= 15 is 0 Å². The monoisotopic (exact) mass is 249 g/mol. The summed E-state index contributed by atoms with van der Waals surface area (Å²) in [4.78, 5) is 16.1. The zero-order chi connectivity index (χ0) is 12.3. The van der Waals surface area contributed by atoms with Crippen molar-refractivity contribution in [3.63, 3.8) is 0 Å². The average molecular weight is 249 g/mol. The van der Waals surface area contributed by atoms with Gasteiger partial charge in [-0.3, -0.25) is 0 Å². The molecule has 0 bridgehead atoms. The fraction of sp³-hybridized carbons (Fsp3) is 0.364. The van der Waals surface area contributed by atoms with Crippen molar-refractivity contribution in [1.29, 1.82) is 0 Å². The zero-order valence-corrected chi connectivity index (χ0v) is 11.0. The Hall–Kier alpha value is -1.69. The highest BCUT2D eigenvalue weighted by Crippen LogP contribution is 2.18. The Labute approximate surface area is 105 Å². The summed E-state index contributed by atoms with van der Waals surface area (Å²) in [5, 5.41) is 2.93. The molecule has 5 nitrogen and oxygen atoms in total. The number of aryl methyl sites for hydroxylation is 1. The quantitative estimate of drug-likeness (QED) is 0.897. The van der Waals surface area contributed by atoms with Gasteiger partial charge in [0, 0.05) is 25.2 Å². The van der Waals surface area contributed by atoms with Gasteiger partial charge in [-0.25, -0.2) is 9.97 Å². The van der Waals surface area contributed by atoms with Crippen LogP contribution in [0.2, 0.25) is 0 Å². The van der Waals surface area contributed by atoms with Gasteiger partial charge in [0.15, 0.2) is 0 Å². The normalized spacial score (nSPS) is 10.3. The van der Waals surface area contributed by atoms with Gasteiger partial charge >= 0.3 is 0 Å². The Kier molecular flexibility index (Phi) is 3.53. The maximum atomic E-state index is 4.39. The number of hydrogen-bond donors (Lipinski definition) is 1. The smallest absolute Gasteiger partial charge is 0.224 e. The number of rotatable bonds is 4. The Morgan fingerprint density at radius 2 is 2.24 bits per heavy atom. The van der Waals surface area contributed by atoms with Crippen molar-refractivity contribution in [3.8, 4) is 0 Å². The molecular weight excluding hydrogens is 234 g/mol. The summed E-state index contributed by atoms with van der Waals surface area (Å²) >= 11 is 1.67. The molecule has 1 N–H and O–H groups in total. The SMILES string of the molecule is CNc1nccc(N(C)Cc2scnc2C)n1. The van der Waals surface area contributed by atoms with E-state index in [0.29, 0.717) is 5.95 Å². The Bertz CT molecular complexity index is 496. The van der Waals surface area contributed by atoms with Crippen LogP contribution >= 0.6 is 11.3 Å². The number of nitrogens with zero attached hydrogens (tertiary/aromatic N) is 4. The van der Waals surface area contributed by atoms with E-state index in [2.05, 4.69) is 25.2 Å². The van der Waals surface area contributed by atoms with Gasteiger partial charge in [-0.15, -0.1) is 11.3 Å². The summed E-state index contributed by atoms with van der Waals surface area (Å²) in [6.07, 6.45) is 1.75. The van der Waals surface area contributed by atoms with Gasteiger partial charge in [-0.05, 0) is 13.0 Å². The number of thiazole rings is 1. The fourth-order valence-corrected chi connectivity index (χ4v) is 2.29. The van der Waals surface area contributed by atoms with Crippen LogP contribution in [0.25, 0.3) is 0 Å².